The third-order valence-corrected chi connectivity index (χ3v) is 6.17. The number of methoxy groups -OCH3 is 1. The fourth-order valence-electron chi connectivity index (χ4n) is 4.07. The number of nitrogens with one attached hydrogen (secondary N) is 2. The summed E-state index contributed by atoms with van der Waals surface area (Å²) in [7, 11) is 1.46. The summed E-state index contributed by atoms with van der Waals surface area (Å²) in [6.07, 6.45) is 2.45. The molecular formula is C24H22ClFN6O6. The van der Waals surface area contributed by atoms with E-state index >= 15 is 0 Å². The van der Waals surface area contributed by atoms with Gasteiger partial charge in [-0.3, -0.25) is 29.6 Å². The molecule has 198 valence electrons. The summed E-state index contributed by atoms with van der Waals surface area (Å²) >= 11 is 5.82. The van der Waals surface area contributed by atoms with Crippen LogP contribution in [0.5, 0.6) is 0 Å². The summed E-state index contributed by atoms with van der Waals surface area (Å²) < 4.78 is 21.3. The first-order valence-corrected chi connectivity index (χ1v) is 11.7. The van der Waals surface area contributed by atoms with Crippen molar-refractivity contribution in [1.82, 2.24) is 14.5 Å². The number of carbonyl (C=O) groups excluding carboxylic acids is 2. The van der Waals surface area contributed by atoms with Crippen molar-refractivity contribution in [2.75, 3.05) is 24.3 Å². The molecule has 1 saturated heterocycles. The van der Waals surface area contributed by atoms with Crippen LogP contribution in [-0.4, -0.2) is 57.1 Å². The first kappa shape index (κ1) is 26.7. The van der Waals surface area contributed by atoms with E-state index in [-0.39, 0.29) is 30.2 Å². The molecule has 38 heavy (non-hydrogen) atoms. The number of anilines is 2. The van der Waals surface area contributed by atoms with Crippen LogP contribution < -0.4 is 16.2 Å². The number of rotatable bonds is 6. The molecule has 2 atom stereocenters. The Morgan fingerprint density at radius 2 is 2.00 bits per heavy atom. The van der Waals surface area contributed by atoms with Crippen LogP contribution in [-0.2, 0) is 9.53 Å². The molecule has 4 rings (SSSR count). The fourth-order valence-corrected chi connectivity index (χ4v) is 4.18. The lowest BCUT2D eigenvalue weighted by atomic mass is 10.1. The van der Waals surface area contributed by atoms with Gasteiger partial charge in [0.2, 0.25) is 5.91 Å². The number of amides is 3. The van der Waals surface area contributed by atoms with Crippen LogP contribution in [0.15, 0.2) is 53.6 Å². The molecule has 1 fully saturated rings. The number of aryl methyl sites for hydroxylation is 1. The Bertz CT molecular complexity index is 1460. The highest BCUT2D eigenvalue weighted by molar-refractivity contribution is 6.30. The summed E-state index contributed by atoms with van der Waals surface area (Å²) in [6.45, 7) is 1.68. The summed E-state index contributed by atoms with van der Waals surface area (Å²) in [4.78, 5) is 54.1. The van der Waals surface area contributed by atoms with E-state index in [1.165, 1.54) is 42.6 Å². The van der Waals surface area contributed by atoms with Crippen molar-refractivity contribution in [2.24, 2.45) is 0 Å². The lowest BCUT2D eigenvalue weighted by Gasteiger charge is -2.24. The van der Waals surface area contributed by atoms with Crippen molar-refractivity contribution in [3.05, 3.63) is 85.7 Å². The van der Waals surface area contributed by atoms with Gasteiger partial charge < -0.3 is 15.0 Å². The van der Waals surface area contributed by atoms with E-state index < -0.39 is 46.1 Å². The summed E-state index contributed by atoms with van der Waals surface area (Å²) in [5, 5.41) is 16.6. The van der Waals surface area contributed by atoms with Crippen LogP contribution in [0.2, 0.25) is 5.02 Å². The minimum absolute atomic E-state index is 0.0362. The van der Waals surface area contributed by atoms with Crippen LogP contribution in [0.1, 0.15) is 12.0 Å². The number of hydrogen-bond acceptors (Lipinski definition) is 7. The van der Waals surface area contributed by atoms with Gasteiger partial charge in [-0.1, -0.05) is 11.6 Å². The SMILES string of the molecule is CO[C@@H]1C[C@H](C(=O)Nc2ccc(-n3cc(C)cc([N+](=O)[O-])c3=O)cc2F)N(C(=O)Nc2ccc(Cl)cn2)C1. The van der Waals surface area contributed by atoms with Crippen LogP contribution in [0, 0.1) is 22.9 Å². The maximum Gasteiger partial charge on any atom is 0.334 e. The number of nitrogens with zero attached hydrogens (tertiary/aromatic N) is 4. The monoisotopic (exact) mass is 544 g/mol. The van der Waals surface area contributed by atoms with Crippen LogP contribution in [0.25, 0.3) is 5.69 Å². The number of aromatic nitrogens is 2. The van der Waals surface area contributed by atoms with E-state index in [4.69, 9.17) is 16.3 Å². The van der Waals surface area contributed by atoms with Crippen molar-refractivity contribution < 1.29 is 23.6 Å². The van der Waals surface area contributed by atoms with Crippen molar-refractivity contribution in [3.63, 3.8) is 0 Å². The normalized spacial score (nSPS) is 16.8. The Balaban J connectivity index is 1.54. The molecule has 14 heteroatoms. The highest BCUT2D eigenvalue weighted by Crippen LogP contribution is 2.25. The average Bonchev–Trinajstić information content (AvgIpc) is 3.33. The Morgan fingerprint density at radius 3 is 2.63 bits per heavy atom. The van der Waals surface area contributed by atoms with Gasteiger partial charge in [-0.05, 0) is 36.8 Å². The molecular weight excluding hydrogens is 523 g/mol. The smallest absolute Gasteiger partial charge is 0.334 e. The van der Waals surface area contributed by atoms with E-state index in [0.717, 1.165) is 16.7 Å². The molecule has 3 heterocycles. The Morgan fingerprint density at radius 1 is 1.24 bits per heavy atom. The molecule has 1 aromatic carbocycles. The molecule has 0 saturated carbocycles. The van der Waals surface area contributed by atoms with Crippen LogP contribution in [0.4, 0.5) is 26.4 Å². The summed E-state index contributed by atoms with van der Waals surface area (Å²) in [5.74, 6) is -1.30. The molecule has 3 amide bonds. The number of nitro groups is 1. The molecule has 0 spiro atoms. The minimum atomic E-state index is -0.978. The Kier molecular flexibility index (Phi) is 7.69. The van der Waals surface area contributed by atoms with E-state index in [1.54, 1.807) is 13.0 Å². The van der Waals surface area contributed by atoms with E-state index in [9.17, 15) is 28.9 Å². The van der Waals surface area contributed by atoms with Crippen LogP contribution in [0.3, 0.4) is 0 Å². The van der Waals surface area contributed by atoms with E-state index in [2.05, 4.69) is 15.6 Å². The first-order chi connectivity index (χ1) is 18.1. The second kappa shape index (κ2) is 10.9. The van der Waals surface area contributed by atoms with E-state index in [1.807, 2.05) is 0 Å². The van der Waals surface area contributed by atoms with Gasteiger partial charge in [0.15, 0.2) is 0 Å². The lowest BCUT2D eigenvalue weighted by molar-refractivity contribution is -0.386. The number of carbonyl (C=O) groups is 2. The van der Waals surface area contributed by atoms with Gasteiger partial charge in [0, 0.05) is 44.6 Å². The number of urea groups is 1. The molecule has 0 aliphatic carbocycles. The van der Waals surface area contributed by atoms with Gasteiger partial charge in [0.05, 0.1) is 27.4 Å². The molecule has 1 aliphatic rings. The molecule has 1 aliphatic heterocycles. The number of likely N-dealkylation sites (tertiary alicyclic amines) is 1. The molecule has 3 aromatic rings. The highest BCUT2D eigenvalue weighted by Gasteiger charge is 2.40. The maximum absolute atomic E-state index is 15.0. The highest BCUT2D eigenvalue weighted by atomic mass is 35.5. The number of pyridine rings is 2. The predicted octanol–water partition coefficient (Wildman–Crippen LogP) is 3.50. The standard InChI is InChI=1S/C24H22ClFN6O6/c1-13-7-20(32(36)37)23(34)30(11-13)15-4-5-18(17(26)8-15)28-22(33)19-9-16(38-2)12-31(19)24(35)29-21-6-3-14(25)10-27-21/h3-8,10-11,16,19H,9,12H2,1-2H3,(H,28,33)(H,27,29,35)/t16-,19-/m1/s1. The van der Waals surface area contributed by atoms with Gasteiger partial charge in [-0.2, -0.15) is 0 Å². The Labute approximate surface area is 220 Å². The number of benzene rings is 1. The topological polar surface area (TPSA) is 149 Å². The summed E-state index contributed by atoms with van der Waals surface area (Å²) in [6, 6.07) is 6.15. The van der Waals surface area contributed by atoms with Gasteiger partial charge in [-0.15, -0.1) is 0 Å². The third-order valence-electron chi connectivity index (χ3n) is 5.94. The van der Waals surface area contributed by atoms with E-state index in [0.29, 0.717) is 10.6 Å². The number of hydrogen-bond donors (Lipinski definition) is 2. The van der Waals surface area contributed by atoms with Gasteiger partial charge in [-0.25, -0.2) is 14.2 Å². The zero-order chi connectivity index (χ0) is 27.6. The minimum Gasteiger partial charge on any atom is -0.380 e. The average molecular weight is 545 g/mol. The molecule has 0 bridgehead atoms. The van der Waals surface area contributed by atoms with Crippen molar-refractivity contribution >= 4 is 40.7 Å². The largest absolute Gasteiger partial charge is 0.380 e. The van der Waals surface area contributed by atoms with Crippen molar-refractivity contribution in [2.45, 2.75) is 25.5 Å². The molecule has 2 N–H and O–H groups in total. The predicted molar refractivity (Wildman–Crippen MR) is 136 cm³/mol. The van der Waals surface area contributed by atoms with Crippen molar-refractivity contribution in [3.8, 4) is 5.69 Å². The molecule has 0 radical (unpaired) electrons. The molecule has 12 nitrogen and oxygen atoms in total. The van der Waals surface area contributed by atoms with Crippen LogP contribution >= 0.6 is 11.6 Å². The molecule has 2 aromatic heterocycles. The Hall–Kier alpha value is -4.36. The number of halogens is 2. The maximum atomic E-state index is 15.0. The van der Waals surface area contributed by atoms with Gasteiger partial charge in [0.25, 0.3) is 0 Å². The quantitative estimate of drug-likeness (QED) is 0.356. The zero-order valence-corrected chi connectivity index (χ0v) is 20.9. The number of ether oxygens (including phenoxy) is 1. The lowest BCUT2D eigenvalue weighted by Crippen LogP contribution is -2.45. The van der Waals surface area contributed by atoms with Gasteiger partial charge >= 0.3 is 17.3 Å². The third kappa shape index (κ3) is 5.63. The second-order valence-corrected chi connectivity index (χ2v) is 8.98. The molecule has 0 unspecified atom stereocenters. The first-order valence-electron chi connectivity index (χ1n) is 11.3. The second-order valence-electron chi connectivity index (χ2n) is 8.54. The van der Waals surface area contributed by atoms with Crippen molar-refractivity contribution in [1.29, 1.82) is 0 Å². The fraction of sp³-hybridized carbons (Fsp3) is 0.250. The zero-order valence-electron chi connectivity index (χ0n) is 20.2. The van der Waals surface area contributed by atoms with Gasteiger partial charge in [0.1, 0.15) is 17.7 Å². The summed E-state index contributed by atoms with van der Waals surface area (Å²) in [5.41, 5.74) is -1.31.